The Hall–Kier alpha value is -5.04. The zero-order valence-electron chi connectivity index (χ0n) is 22.4. The van der Waals surface area contributed by atoms with Crippen molar-refractivity contribution in [2.45, 2.75) is 12.8 Å². The predicted octanol–water partition coefficient (Wildman–Crippen LogP) is 6.96. The van der Waals surface area contributed by atoms with E-state index in [2.05, 4.69) is 48.6 Å². The Morgan fingerprint density at radius 1 is 0.805 bits per heavy atom. The highest BCUT2D eigenvalue weighted by atomic mass is 31.1. The summed E-state index contributed by atoms with van der Waals surface area (Å²) in [5, 5.41) is 12.9. The number of benzene rings is 4. The molecule has 0 atom stereocenters. The van der Waals surface area contributed by atoms with E-state index in [0.717, 1.165) is 45.6 Å². The maximum Gasteiger partial charge on any atom is 0.146 e. The molecule has 1 aliphatic carbocycles. The Kier molecular flexibility index (Phi) is 7.67. The quantitative estimate of drug-likeness (QED) is 0.135. The zero-order valence-corrected chi connectivity index (χ0v) is 23.3. The van der Waals surface area contributed by atoms with Gasteiger partial charge < -0.3 is 5.73 Å². The van der Waals surface area contributed by atoms with E-state index in [1.54, 1.807) is 0 Å². The molecule has 5 aromatic rings. The van der Waals surface area contributed by atoms with Crippen LogP contribution >= 0.6 is 8.07 Å². The highest BCUT2D eigenvalue weighted by molar-refractivity contribution is 7.72. The molecule has 0 unspecified atom stereocenters. The first kappa shape index (κ1) is 26.2. The van der Waals surface area contributed by atoms with E-state index < -0.39 is 8.07 Å². The molecule has 6 rings (SSSR count). The molecule has 5 nitrogen and oxygen atoms in total. The van der Waals surface area contributed by atoms with Gasteiger partial charge in [-0.3, -0.25) is 4.57 Å². The third-order valence-electron chi connectivity index (χ3n) is 6.91. The third kappa shape index (κ3) is 5.39. The SMILES string of the molecule is N#CC(/C(=N\P(c1ccccc1)c1ccccc1)c1ccccc1)=C(/N)n1c(C2=CCCC=C2)nc2ccccc21. The maximum absolute atomic E-state index is 10.7. The number of fused-ring (bicyclic) bond motifs is 1. The van der Waals surface area contributed by atoms with Crippen LogP contribution in [0.5, 0.6) is 0 Å². The first-order valence-electron chi connectivity index (χ1n) is 13.5. The third-order valence-corrected chi connectivity index (χ3v) is 8.88. The van der Waals surface area contributed by atoms with Gasteiger partial charge in [-0.2, -0.15) is 5.26 Å². The number of aromatic nitrogens is 2. The lowest BCUT2D eigenvalue weighted by molar-refractivity contribution is 1.01. The molecule has 6 heteroatoms. The van der Waals surface area contributed by atoms with Crippen molar-refractivity contribution in [2.75, 3.05) is 0 Å². The zero-order chi connectivity index (χ0) is 28.0. The second-order valence-electron chi connectivity index (χ2n) is 9.57. The molecule has 0 spiro atoms. The Morgan fingerprint density at radius 3 is 2.02 bits per heavy atom. The maximum atomic E-state index is 10.7. The summed E-state index contributed by atoms with van der Waals surface area (Å²) in [7, 11) is -1.19. The number of hydrogen-bond donors (Lipinski definition) is 1. The molecular formula is C35H28N5P. The van der Waals surface area contributed by atoms with E-state index in [4.69, 9.17) is 15.5 Å². The van der Waals surface area contributed by atoms with Crippen molar-refractivity contribution in [3.8, 4) is 6.07 Å². The van der Waals surface area contributed by atoms with E-state index in [9.17, 15) is 5.26 Å². The molecule has 198 valence electrons. The van der Waals surface area contributed by atoms with Gasteiger partial charge in [0.15, 0.2) is 0 Å². The lowest BCUT2D eigenvalue weighted by Crippen LogP contribution is -2.19. The van der Waals surface area contributed by atoms with Gasteiger partial charge in [-0.05, 0) is 25.0 Å². The molecule has 0 bridgehead atoms. The smallest absolute Gasteiger partial charge is 0.146 e. The van der Waals surface area contributed by atoms with Crippen LogP contribution in [0.3, 0.4) is 0 Å². The molecule has 0 amide bonds. The molecule has 1 aromatic heterocycles. The van der Waals surface area contributed by atoms with Crippen LogP contribution in [0.25, 0.3) is 22.4 Å². The van der Waals surface area contributed by atoms with Crippen LogP contribution in [0.4, 0.5) is 0 Å². The lowest BCUT2D eigenvalue weighted by atomic mass is 10.0. The summed E-state index contributed by atoms with van der Waals surface area (Å²) in [5.74, 6) is 1.02. The number of rotatable bonds is 7. The highest BCUT2D eigenvalue weighted by Gasteiger charge is 2.23. The summed E-state index contributed by atoms with van der Waals surface area (Å²) in [4.78, 5) is 4.95. The average Bonchev–Trinajstić information content (AvgIpc) is 3.44. The van der Waals surface area contributed by atoms with E-state index in [1.165, 1.54) is 0 Å². The standard InChI is InChI=1S/C35H28N5P/c36-25-30(34(37)40-32-24-14-13-23-31(32)38-35(40)27-17-7-2-8-18-27)33(26-15-5-1-6-16-26)39-41(28-19-9-3-10-20-28)29-21-11-4-12-22-29/h1,3-7,9-24H,2,8,37H2/b34-30+,39-33-. The second kappa shape index (κ2) is 12.0. The van der Waals surface area contributed by atoms with Crippen LogP contribution in [0, 0.1) is 11.3 Å². The number of nitrogens with two attached hydrogens (primary N) is 1. The molecule has 41 heavy (non-hydrogen) atoms. The summed E-state index contributed by atoms with van der Waals surface area (Å²) >= 11 is 0. The number of imidazole rings is 1. The van der Waals surface area contributed by atoms with Gasteiger partial charge in [-0.25, -0.2) is 9.75 Å². The molecule has 0 fully saturated rings. The van der Waals surface area contributed by atoms with Gasteiger partial charge in [0.05, 0.1) is 24.8 Å². The van der Waals surface area contributed by atoms with Gasteiger partial charge in [0.2, 0.25) is 0 Å². The molecular weight excluding hydrogens is 521 g/mol. The molecule has 0 aliphatic heterocycles. The van der Waals surface area contributed by atoms with Crippen molar-refractivity contribution in [1.82, 2.24) is 9.55 Å². The summed E-state index contributed by atoms with van der Waals surface area (Å²) in [5.41, 5.74) is 11.3. The van der Waals surface area contributed by atoms with Crippen LogP contribution in [-0.4, -0.2) is 15.3 Å². The number of nitriles is 1. The van der Waals surface area contributed by atoms with Gasteiger partial charge >= 0.3 is 0 Å². The van der Waals surface area contributed by atoms with E-state index in [0.29, 0.717) is 22.9 Å². The first-order chi connectivity index (χ1) is 20.2. The second-order valence-corrected chi connectivity index (χ2v) is 11.4. The summed E-state index contributed by atoms with van der Waals surface area (Å²) < 4.78 is 7.27. The van der Waals surface area contributed by atoms with Gasteiger partial charge in [0.1, 0.15) is 23.3 Å². The normalized spacial score (nSPS) is 14.0. The summed E-state index contributed by atoms with van der Waals surface area (Å²) in [6.07, 6.45) is 8.32. The Labute approximate surface area is 241 Å². The summed E-state index contributed by atoms with van der Waals surface area (Å²) in [6.45, 7) is 0. The molecule has 0 radical (unpaired) electrons. The van der Waals surface area contributed by atoms with Crippen molar-refractivity contribution in [3.05, 3.63) is 150 Å². The minimum Gasteiger partial charge on any atom is -0.384 e. The van der Waals surface area contributed by atoms with Crippen molar-refractivity contribution in [2.24, 2.45) is 10.5 Å². The van der Waals surface area contributed by atoms with Gasteiger partial charge in [0.25, 0.3) is 0 Å². The van der Waals surface area contributed by atoms with E-state index in [1.807, 2.05) is 95.6 Å². The predicted molar refractivity (Wildman–Crippen MR) is 171 cm³/mol. The average molecular weight is 550 g/mol. The fourth-order valence-corrected chi connectivity index (χ4v) is 6.79. The largest absolute Gasteiger partial charge is 0.384 e. The van der Waals surface area contributed by atoms with Crippen LogP contribution in [-0.2, 0) is 0 Å². The van der Waals surface area contributed by atoms with Crippen LogP contribution in [0.2, 0.25) is 0 Å². The van der Waals surface area contributed by atoms with E-state index >= 15 is 0 Å². The fourth-order valence-electron chi connectivity index (χ4n) is 4.94. The molecule has 1 heterocycles. The van der Waals surface area contributed by atoms with Crippen molar-refractivity contribution in [3.63, 3.8) is 0 Å². The van der Waals surface area contributed by atoms with Crippen molar-refractivity contribution < 1.29 is 0 Å². The van der Waals surface area contributed by atoms with Crippen LogP contribution in [0.15, 0.2) is 144 Å². The number of para-hydroxylation sites is 2. The van der Waals surface area contributed by atoms with Gasteiger partial charge in [-0.1, -0.05) is 121 Å². The molecule has 4 aromatic carbocycles. The van der Waals surface area contributed by atoms with Crippen LogP contribution in [0.1, 0.15) is 24.2 Å². The minimum absolute atomic E-state index is 0.301. The van der Waals surface area contributed by atoms with E-state index in [-0.39, 0.29) is 0 Å². The lowest BCUT2D eigenvalue weighted by Gasteiger charge is -2.18. The van der Waals surface area contributed by atoms with Crippen LogP contribution < -0.4 is 16.3 Å². The number of allylic oxidation sites excluding steroid dienone is 5. The Bertz CT molecular complexity index is 1800. The van der Waals surface area contributed by atoms with Gasteiger partial charge in [0, 0.05) is 21.7 Å². The Morgan fingerprint density at radius 2 is 1.41 bits per heavy atom. The highest BCUT2D eigenvalue weighted by Crippen LogP contribution is 2.38. The Balaban J connectivity index is 1.63. The van der Waals surface area contributed by atoms with Crippen molar-refractivity contribution in [1.29, 1.82) is 5.26 Å². The first-order valence-corrected chi connectivity index (χ1v) is 14.8. The molecule has 1 aliphatic rings. The fraction of sp³-hybridized carbons (Fsp3) is 0.0571. The summed E-state index contributed by atoms with van der Waals surface area (Å²) in [6, 6.07) is 40.6. The number of hydrogen-bond acceptors (Lipinski definition) is 4. The topological polar surface area (TPSA) is 80.0 Å². The number of nitrogens with zero attached hydrogens (tertiary/aromatic N) is 4. The molecule has 0 saturated carbocycles. The minimum atomic E-state index is -1.19. The monoisotopic (exact) mass is 549 g/mol. The molecule has 2 N–H and O–H groups in total. The van der Waals surface area contributed by atoms with Gasteiger partial charge in [-0.15, -0.1) is 0 Å². The van der Waals surface area contributed by atoms with Crippen molar-refractivity contribution >= 4 is 46.8 Å². The molecule has 0 saturated heterocycles.